The van der Waals surface area contributed by atoms with Crippen LogP contribution in [0.4, 0.5) is 11.4 Å². The molecule has 0 saturated heterocycles. The molecule has 1 fully saturated rings. The minimum Gasteiger partial charge on any atom is -0.320 e. The van der Waals surface area contributed by atoms with Crippen LogP contribution in [0, 0.1) is 16.0 Å². The molecule has 0 radical (unpaired) electrons. The second kappa shape index (κ2) is 7.03. The minimum absolute atomic E-state index is 0.0569. The number of hydrogen-bond donors (Lipinski definition) is 1. The molecule has 1 N–H and O–H groups in total. The standard InChI is InChI=1S/C15H20N2O3/c18-15(11-10-12-6-2-1-3-7-12)16-13-8-4-5-9-14(13)17(19)20/h4-5,8-9,12H,1-3,6-7,10-11H2,(H,16,18). The lowest BCUT2D eigenvalue weighted by molar-refractivity contribution is -0.383. The zero-order chi connectivity index (χ0) is 14.4. The van der Waals surface area contributed by atoms with Crippen molar-refractivity contribution in [2.75, 3.05) is 5.32 Å². The van der Waals surface area contributed by atoms with Gasteiger partial charge in [-0.3, -0.25) is 14.9 Å². The number of para-hydroxylation sites is 2. The number of nitrogens with zero attached hydrogens (tertiary/aromatic N) is 1. The Hall–Kier alpha value is -1.91. The van der Waals surface area contributed by atoms with Crippen LogP contribution in [0.1, 0.15) is 44.9 Å². The first-order chi connectivity index (χ1) is 9.66. The topological polar surface area (TPSA) is 72.2 Å². The summed E-state index contributed by atoms with van der Waals surface area (Å²) in [6, 6.07) is 6.24. The van der Waals surface area contributed by atoms with E-state index in [2.05, 4.69) is 5.32 Å². The summed E-state index contributed by atoms with van der Waals surface area (Å²) in [4.78, 5) is 22.3. The summed E-state index contributed by atoms with van der Waals surface area (Å²) in [6.07, 6.45) is 7.56. The number of rotatable bonds is 5. The Balaban J connectivity index is 1.86. The molecule has 1 aromatic rings. The number of benzene rings is 1. The zero-order valence-electron chi connectivity index (χ0n) is 11.5. The van der Waals surface area contributed by atoms with Crippen LogP contribution < -0.4 is 5.32 Å². The van der Waals surface area contributed by atoms with Crippen LogP contribution in [0.15, 0.2) is 24.3 Å². The van der Waals surface area contributed by atoms with Crippen molar-refractivity contribution in [1.82, 2.24) is 0 Å². The summed E-state index contributed by atoms with van der Waals surface area (Å²) in [5.74, 6) is 0.505. The highest BCUT2D eigenvalue weighted by Gasteiger charge is 2.17. The lowest BCUT2D eigenvalue weighted by atomic mass is 9.86. The van der Waals surface area contributed by atoms with Crippen LogP contribution >= 0.6 is 0 Å². The van der Waals surface area contributed by atoms with Gasteiger partial charge in [-0.05, 0) is 18.4 Å². The van der Waals surface area contributed by atoms with Gasteiger partial charge in [-0.2, -0.15) is 0 Å². The summed E-state index contributed by atoms with van der Waals surface area (Å²) >= 11 is 0. The van der Waals surface area contributed by atoms with Gasteiger partial charge in [0.25, 0.3) is 5.69 Å². The van der Waals surface area contributed by atoms with Gasteiger partial charge in [0.05, 0.1) is 4.92 Å². The molecule has 0 unspecified atom stereocenters. The molecule has 0 aromatic heterocycles. The molecule has 5 heteroatoms. The summed E-state index contributed by atoms with van der Waals surface area (Å²) in [5, 5.41) is 13.5. The van der Waals surface area contributed by atoms with E-state index in [4.69, 9.17) is 0 Å². The first-order valence-electron chi connectivity index (χ1n) is 7.20. The monoisotopic (exact) mass is 276 g/mol. The van der Waals surface area contributed by atoms with Crippen molar-refractivity contribution in [2.24, 2.45) is 5.92 Å². The molecular weight excluding hydrogens is 256 g/mol. The Morgan fingerprint density at radius 3 is 2.65 bits per heavy atom. The molecule has 0 aliphatic heterocycles. The van der Waals surface area contributed by atoms with Crippen molar-refractivity contribution >= 4 is 17.3 Å². The summed E-state index contributed by atoms with van der Waals surface area (Å²) in [7, 11) is 0. The maximum atomic E-state index is 11.9. The number of anilines is 1. The van der Waals surface area contributed by atoms with E-state index in [9.17, 15) is 14.9 Å². The van der Waals surface area contributed by atoms with Crippen molar-refractivity contribution in [3.8, 4) is 0 Å². The van der Waals surface area contributed by atoms with Gasteiger partial charge in [-0.15, -0.1) is 0 Å². The Kier molecular flexibility index (Phi) is 5.09. The number of carbonyl (C=O) groups excluding carboxylic acids is 1. The van der Waals surface area contributed by atoms with E-state index >= 15 is 0 Å². The number of amides is 1. The number of nitrogens with one attached hydrogen (secondary N) is 1. The number of carbonyl (C=O) groups is 1. The summed E-state index contributed by atoms with van der Waals surface area (Å²) in [6.45, 7) is 0. The first-order valence-corrected chi connectivity index (χ1v) is 7.20. The van der Waals surface area contributed by atoms with Crippen molar-refractivity contribution in [1.29, 1.82) is 0 Å². The van der Waals surface area contributed by atoms with Crippen molar-refractivity contribution < 1.29 is 9.72 Å². The van der Waals surface area contributed by atoms with Gasteiger partial charge in [0, 0.05) is 12.5 Å². The fraction of sp³-hybridized carbons (Fsp3) is 0.533. The predicted molar refractivity (Wildman–Crippen MR) is 77.5 cm³/mol. The maximum absolute atomic E-state index is 11.9. The fourth-order valence-corrected chi connectivity index (χ4v) is 2.76. The third kappa shape index (κ3) is 4.05. The summed E-state index contributed by atoms with van der Waals surface area (Å²) in [5.41, 5.74) is 0.227. The molecule has 1 saturated carbocycles. The highest BCUT2D eigenvalue weighted by atomic mass is 16.6. The van der Waals surface area contributed by atoms with Crippen molar-refractivity contribution in [3.05, 3.63) is 34.4 Å². The Labute approximate surface area is 118 Å². The highest BCUT2D eigenvalue weighted by Crippen LogP contribution is 2.28. The van der Waals surface area contributed by atoms with Crippen LogP contribution in [-0.2, 0) is 4.79 Å². The van der Waals surface area contributed by atoms with Crippen molar-refractivity contribution in [3.63, 3.8) is 0 Å². The second-order valence-corrected chi connectivity index (χ2v) is 5.37. The molecule has 0 atom stereocenters. The van der Waals surface area contributed by atoms with E-state index in [0.717, 1.165) is 6.42 Å². The van der Waals surface area contributed by atoms with Gasteiger partial charge in [0.15, 0.2) is 0 Å². The van der Waals surface area contributed by atoms with E-state index in [-0.39, 0.29) is 17.3 Å². The van der Waals surface area contributed by atoms with Gasteiger partial charge >= 0.3 is 0 Å². The quantitative estimate of drug-likeness (QED) is 0.655. The van der Waals surface area contributed by atoms with Crippen LogP contribution in [0.25, 0.3) is 0 Å². The Morgan fingerprint density at radius 2 is 1.95 bits per heavy atom. The average Bonchev–Trinajstić information content (AvgIpc) is 2.46. The van der Waals surface area contributed by atoms with Gasteiger partial charge < -0.3 is 5.32 Å². The third-order valence-corrected chi connectivity index (χ3v) is 3.88. The smallest absolute Gasteiger partial charge is 0.292 e. The second-order valence-electron chi connectivity index (χ2n) is 5.37. The van der Waals surface area contributed by atoms with E-state index < -0.39 is 4.92 Å². The molecule has 1 amide bonds. The number of nitro groups is 1. The summed E-state index contributed by atoms with van der Waals surface area (Å²) < 4.78 is 0. The molecule has 0 spiro atoms. The SMILES string of the molecule is O=C(CCC1CCCCC1)Nc1ccccc1[N+](=O)[O-]. The molecule has 1 aromatic carbocycles. The number of hydrogen-bond acceptors (Lipinski definition) is 3. The maximum Gasteiger partial charge on any atom is 0.292 e. The molecule has 20 heavy (non-hydrogen) atoms. The molecule has 1 aliphatic carbocycles. The average molecular weight is 276 g/mol. The molecule has 1 aliphatic rings. The molecule has 0 heterocycles. The van der Waals surface area contributed by atoms with Gasteiger partial charge in [0.1, 0.15) is 5.69 Å². The number of nitro benzene ring substituents is 1. The van der Waals surface area contributed by atoms with Gasteiger partial charge in [-0.25, -0.2) is 0 Å². The first kappa shape index (κ1) is 14.5. The highest BCUT2D eigenvalue weighted by molar-refractivity contribution is 5.92. The van der Waals surface area contributed by atoms with Crippen LogP contribution in [0.5, 0.6) is 0 Å². The fourth-order valence-electron chi connectivity index (χ4n) is 2.76. The van der Waals surface area contributed by atoms with Gasteiger partial charge in [0.2, 0.25) is 5.91 Å². The Bertz CT molecular complexity index is 482. The lowest BCUT2D eigenvalue weighted by Gasteiger charge is -2.20. The van der Waals surface area contributed by atoms with E-state index in [1.807, 2.05) is 0 Å². The van der Waals surface area contributed by atoms with Crippen LogP contribution in [0.3, 0.4) is 0 Å². The third-order valence-electron chi connectivity index (χ3n) is 3.88. The van der Waals surface area contributed by atoms with E-state index in [1.165, 1.54) is 38.2 Å². The van der Waals surface area contributed by atoms with E-state index in [1.54, 1.807) is 18.2 Å². The minimum atomic E-state index is -0.475. The van der Waals surface area contributed by atoms with Crippen LogP contribution in [0.2, 0.25) is 0 Å². The largest absolute Gasteiger partial charge is 0.320 e. The van der Waals surface area contributed by atoms with Crippen LogP contribution in [-0.4, -0.2) is 10.8 Å². The molecular formula is C15H20N2O3. The molecule has 2 rings (SSSR count). The zero-order valence-corrected chi connectivity index (χ0v) is 11.5. The molecule has 5 nitrogen and oxygen atoms in total. The molecule has 0 bridgehead atoms. The molecule has 108 valence electrons. The van der Waals surface area contributed by atoms with E-state index in [0.29, 0.717) is 12.3 Å². The lowest BCUT2D eigenvalue weighted by Crippen LogP contribution is -2.15. The predicted octanol–water partition coefficient (Wildman–Crippen LogP) is 3.89. The Morgan fingerprint density at radius 1 is 1.25 bits per heavy atom. The normalized spacial score (nSPS) is 15.8. The van der Waals surface area contributed by atoms with Gasteiger partial charge in [-0.1, -0.05) is 44.2 Å². The van der Waals surface area contributed by atoms with Crippen molar-refractivity contribution in [2.45, 2.75) is 44.9 Å².